The molecule has 3 aromatic rings. The number of aromatic nitrogens is 2. The van der Waals surface area contributed by atoms with Crippen LogP contribution in [-0.2, 0) is 26.6 Å². The van der Waals surface area contributed by atoms with Gasteiger partial charge >= 0.3 is 0 Å². The standard InChI is InChI=1S/C25H27N3O5S/c1-24(23(30)27-31,34(2,32)33)13-14-28-22-10-7-19(15-20(22)16-26-28)4-3-18-5-8-21(9-6-18)25(17-29)11-12-25/h5-10,15-16,29,31H,11-14,17H2,1-2H3,(H,27,30)/t24-/m1/s1. The van der Waals surface area contributed by atoms with Gasteiger partial charge in [0.05, 0.1) is 18.3 Å². The van der Waals surface area contributed by atoms with Crippen molar-refractivity contribution in [3.63, 3.8) is 0 Å². The molecule has 1 saturated carbocycles. The summed E-state index contributed by atoms with van der Waals surface area (Å²) in [6.07, 6.45) is 4.63. The highest BCUT2D eigenvalue weighted by atomic mass is 32.2. The summed E-state index contributed by atoms with van der Waals surface area (Å²) < 4.78 is 24.2. The number of aliphatic hydroxyl groups is 1. The second-order valence-corrected chi connectivity index (χ2v) is 11.5. The zero-order valence-corrected chi connectivity index (χ0v) is 19.9. The van der Waals surface area contributed by atoms with Gasteiger partial charge in [0.15, 0.2) is 14.6 Å². The summed E-state index contributed by atoms with van der Waals surface area (Å²) in [6, 6.07) is 13.6. The van der Waals surface area contributed by atoms with Gasteiger partial charge < -0.3 is 5.11 Å². The number of carbonyl (C=O) groups excluding carboxylic acids is 1. The number of hydrogen-bond acceptors (Lipinski definition) is 6. The van der Waals surface area contributed by atoms with Gasteiger partial charge in [-0.05, 0) is 62.1 Å². The highest BCUT2D eigenvalue weighted by Crippen LogP contribution is 2.47. The van der Waals surface area contributed by atoms with E-state index in [4.69, 9.17) is 5.21 Å². The Kier molecular flexibility index (Phi) is 6.25. The van der Waals surface area contributed by atoms with Crippen LogP contribution in [0.1, 0.15) is 42.9 Å². The van der Waals surface area contributed by atoms with Crippen molar-refractivity contribution in [3.8, 4) is 11.8 Å². The zero-order chi connectivity index (χ0) is 24.6. The van der Waals surface area contributed by atoms with Crippen molar-refractivity contribution in [2.45, 2.75) is 42.9 Å². The molecule has 0 aliphatic heterocycles. The molecule has 4 rings (SSSR count). The summed E-state index contributed by atoms with van der Waals surface area (Å²) in [5, 5.41) is 23.7. The van der Waals surface area contributed by atoms with Crippen LogP contribution in [0.25, 0.3) is 10.9 Å². The average molecular weight is 482 g/mol. The Morgan fingerprint density at radius 2 is 1.82 bits per heavy atom. The Hall–Kier alpha value is -3.19. The molecule has 0 unspecified atom stereocenters. The van der Waals surface area contributed by atoms with E-state index in [2.05, 4.69) is 16.9 Å². The van der Waals surface area contributed by atoms with E-state index < -0.39 is 20.5 Å². The molecule has 1 fully saturated rings. The first-order valence-electron chi connectivity index (χ1n) is 10.9. The predicted molar refractivity (Wildman–Crippen MR) is 128 cm³/mol. The summed E-state index contributed by atoms with van der Waals surface area (Å²) in [5.74, 6) is 5.34. The number of sulfone groups is 1. The maximum absolute atomic E-state index is 12.2. The molecule has 0 saturated heterocycles. The third kappa shape index (κ3) is 4.44. The van der Waals surface area contributed by atoms with Crippen LogP contribution in [0.15, 0.2) is 48.7 Å². The van der Waals surface area contributed by atoms with Crippen LogP contribution in [0.4, 0.5) is 0 Å². The third-order valence-corrected chi connectivity index (χ3v) is 8.87. The number of rotatable bonds is 7. The van der Waals surface area contributed by atoms with Crippen molar-refractivity contribution < 1.29 is 23.5 Å². The third-order valence-electron chi connectivity index (χ3n) is 6.85. The lowest BCUT2D eigenvalue weighted by atomic mass is 9.96. The van der Waals surface area contributed by atoms with E-state index in [0.29, 0.717) is 0 Å². The van der Waals surface area contributed by atoms with Crippen molar-refractivity contribution in [3.05, 3.63) is 65.4 Å². The molecule has 3 N–H and O–H groups in total. The molecule has 1 amide bonds. The molecular formula is C25H27N3O5S. The normalized spacial score (nSPS) is 16.4. The smallest absolute Gasteiger partial charge is 0.264 e. The fraction of sp³-hybridized carbons (Fsp3) is 0.360. The Balaban J connectivity index is 1.50. The largest absolute Gasteiger partial charge is 0.395 e. The molecule has 1 aliphatic carbocycles. The first-order chi connectivity index (χ1) is 16.1. The van der Waals surface area contributed by atoms with E-state index in [1.807, 2.05) is 42.5 Å². The number of fused-ring (bicyclic) bond motifs is 1. The van der Waals surface area contributed by atoms with Gasteiger partial charge in [0, 0.05) is 34.7 Å². The summed E-state index contributed by atoms with van der Waals surface area (Å²) >= 11 is 0. The summed E-state index contributed by atoms with van der Waals surface area (Å²) in [6.45, 7) is 1.63. The van der Waals surface area contributed by atoms with Crippen molar-refractivity contribution in [2.75, 3.05) is 12.9 Å². The van der Waals surface area contributed by atoms with Crippen molar-refractivity contribution in [2.24, 2.45) is 0 Å². The van der Waals surface area contributed by atoms with E-state index >= 15 is 0 Å². The van der Waals surface area contributed by atoms with Crippen LogP contribution in [0.3, 0.4) is 0 Å². The Bertz CT molecular complexity index is 1400. The number of amides is 1. The molecule has 2 aromatic carbocycles. The van der Waals surface area contributed by atoms with E-state index in [1.54, 1.807) is 10.9 Å². The first-order valence-corrected chi connectivity index (χ1v) is 12.8. The molecule has 9 heteroatoms. The molecule has 1 heterocycles. The van der Waals surface area contributed by atoms with Crippen LogP contribution < -0.4 is 5.48 Å². The van der Waals surface area contributed by atoms with Crippen LogP contribution in [0.2, 0.25) is 0 Å². The number of hydroxylamine groups is 1. The lowest BCUT2D eigenvalue weighted by Crippen LogP contribution is -2.49. The van der Waals surface area contributed by atoms with Crippen LogP contribution in [0, 0.1) is 11.8 Å². The number of aliphatic hydroxyl groups excluding tert-OH is 1. The topological polar surface area (TPSA) is 122 Å². The highest BCUT2D eigenvalue weighted by Gasteiger charge is 2.44. The van der Waals surface area contributed by atoms with Gasteiger partial charge in [0.2, 0.25) is 0 Å². The number of hydrogen-bond donors (Lipinski definition) is 3. The molecule has 1 atom stereocenters. The predicted octanol–water partition coefficient (Wildman–Crippen LogP) is 2.16. The lowest BCUT2D eigenvalue weighted by Gasteiger charge is -2.25. The van der Waals surface area contributed by atoms with Crippen molar-refractivity contribution >= 4 is 26.6 Å². The quantitative estimate of drug-likeness (QED) is 0.270. The zero-order valence-electron chi connectivity index (χ0n) is 19.1. The Morgan fingerprint density at radius 1 is 1.18 bits per heavy atom. The van der Waals surface area contributed by atoms with Gasteiger partial charge in [0.1, 0.15) is 0 Å². The molecule has 34 heavy (non-hydrogen) atoms. The van der Waals surface area contributed by atoms with Gasteiger partial charge in [0.25, 0.3) is 5.91 Å². The van der Waals surface area contributed by atoms with Crippen LogP contribution >= 0.6 is 0 Å². The maximum atomic E-state index is 12.2. The van der Waals surface area contributed by atoms with Gasteiger partial charge in [-0.3, -0.25) is 14.7 Å². The number of nitrogens with zero attached hydrogens (tertiary/aromatic N) is 2. The average Bonchev–Trinajstić information content (AvgIpc) is 3.53. The minimum Gasteiger partial charge on any atom is -0.395 e. The van der Waals surface area contributed by atoms with Gasteiger partial charge in [-0.25, -0.2) is 13.9 Å². The van der Waals surface area contributed by atoms with Gasteiger partial charge in [-0.15, -0.1) is 0 Å². The Labute approximate surface area is 198 Å². The van der Waals surface area contributed by atoms with Crippen LogP contribution in [0.5, 0.6) is 0 Å². The van der Waals surface area contributed by atoms with E-state index in [0.717, 1.165) is 46.7 Å². The molecule has 1 aliphatic rings. The summed E-state index contributed by atoms with van der Waals surface area (Å²) in [4.78, 5) is 12.0. The highest BCUT2D eigenvalue weighted by molar-refractivity contribution is 7.92. The maximum Gasteiger partial charge on any atom is 0.264 e. The van der Waals surface area contributed by atoms with E-state index in [9.17, 15) is 18.3 Å². The number of benzene rings is 2. The molecular weight excluding hydrogens is 454 g/mol. The van der Waals surface area contributed by atoms with Crippen molar-refractivity contribution in [1.82, 2.24) is 15.3 Å². The fourth-order valence-corrected chi connectivity index (χ4v) is 4.83. The monoisotopic (exact) mass is 481 g/mol. The number of nitrogens with one attached hydrogen (secondary N) is 1. The summed E-state index contributed by atoms with van der Waals surface area (Å²) in [5.41, 5.74) is 5.03. The van der Waals surface area contributed by atoms with Gasteiger partial charge in [-0.1, -0.05) is 24.0 Å². The van der Waals surface area contributed by atoms with E-state index in [-0.39, 0.29) is 25.0 Å². The molecule has 0 spiro atoms. The number of aryl methyl sites for hydroxylation is 1. The summed E-state index contributed by atoms with van der Waals surface area (Å²) in [7, 11) is -3.78. The lowest BCUT2D eigenvalue weighted by molar-refractivity contribution is -0.131. The fourth-order valence-electron chi connectivity index (χ4n) is 3.99. The minimum atomic E-state index is -3.78. The SMILES string of the molecule is C[C@@](CCn1ncc2cc(C#Cc3ccc(C4(CO)CC4)cc3)ccc21)(C(=O)NO)S(C)(=O)=O. The van der Waals surface area contributed by atoms with Crippen LogP contribution in [-0.4, -0.2) is 52.0 Å². The van der Waals surface area contributed by atoms with Crippen molar-refractivity contribution in [1.29, 1.82) is 0 Å². The molecule has 0 bridgehead atoms. The molecule has 8 nitrogen and oxygen atoms in total. The Morgan fingerprint density at radius 3 is 2.41 bits per heavy atom. The second kappa shape index (κ2) is 8.87. The molecule has 178 valence electrons. The minimum absolute atomic E-state index is 0.0515. The molecule has 0 radical (unpaired) electrons. The molecule has 1 aromatic heterocycles. The second-order valence-electron chi connectivity index (χ2n) is 9.10. The number of carbonyl (C=O) groups is 1. The van der Waals surface area contributed by atoms with E-state index in [1.165, 1.54) is 12.4 Å². The van der Waals surface area contributed by atoms with Gasteiger partial charge in [-0.2, -0.15) is 5.10 Å². The first kappa shape index (κ1) is 24.0.